The van der Waals surface area contributed by atoms with Gasteiger partial charge in [0.2, 0.25) is 6.41 Å². The number of halogens is 1. The number of carboxylic acids is 1. The number of aliphatic carboxylic acids is 1. The van der Waals surface area contributed by atoms with Crippen LogP contribution in [0.5, 0.6) is 0 Å². The Kier molecular flexibility index (Phi) is 4.76. The van der Waals surface area contributed by atoms with Crippen molar-refractivity contribution in [3.63, 3.8) is 0 Å². The number of amides is 2. The zero-order valence-electron chi connectivity index (χ0n) is 15.3. The van der Waals surface area contributed by atoms with Gasteiger partial charge in [0.15, 0.2) is 0 Å². The largest absolute Gasteiger partial charge is 0.480 e. The van der Waals surface area contributed by atoms with Crippen molar-refractivity contribution in [2.24, 2.45) is 0 Å². The van der Waals surface area contributed by atoms with Gasteiger partial charge in [-0.3, -0.25) is 14.5 Å². The molecule has 2 aliphatic rings. The second-order valence-electron chi connectivity index (χ2n) is 6.99. The van der Waals surface area contributed by atoms with Crippen LogP contribution in [0, 0.1) is 0 Å². The number of nitrogens with zero attached hydrogens (tertiary/aromatic N) is 2. The van der Waals surface area contributed by atoms with Gasteiger partial charge in [-0.25, -0.2) is 4.79 Å². The molecule has 2 aromatic carbocycles. The maximum atomic E-state index is 13.2. The first-order valence-corrected chi connectivity index (χ1v) is 9.44. The highest BCUT2D eigenvalue weighted by molar-refractivity contribution is 6.31. The fourth-order valence-corrected chi connectivity index (χ4v) is 4.11. The number of hydrogen-bond donors (Lipinski definition) is 2. The number of benzene rings is 2. The SMILES string of the molecule is Nc1ccc(N2CCC(=C3CC(C(=O)O)N(C=O)c4cc(Cl)ccc43)C2=O)cc1. The van der Waals surface area contributed by atoms with Gasteiger partial charge in [-0.2, -0.15) is 0 Å². The molecule has 0 aromatic heterocycles. The summed E-state index contributed by atoms with van der Waals surface area (Å²) < 4.78 is 0. The van der Waals surface area contributed by atoms with Gasteiger partial charge in [-0.15, -0.1) is 0 Å². The molecule has 0 aliphatic carbocycles. The molecule has 0 saturated carbocycles. The van der Waals surface area contributed by atoms with Crippen molar-refractivity contribution >= 4 is 52.5 Å². The molecule has 148 valence electrons. The summed E-state index contributed by atoms with van der Waals surface area (Å²) in [5, 5.41) is 10.0. The van der Waals surface area contributed by atoms with Gasteiger partial charge in [0.25, 0.3) is 5.91 Å². The number of hydrogen-bond acceptors (Lipinski definition) is 4. The molecule has 1 atom stereocenters. The normalized spacial score (nSPS) is 21.3. The molecule has 1 saturated heterocycles. The lowest BCUT2D eigenvalue weighted by Gasteiger charge is -2.34. The fourth-order valence-electron chi connectivity index (χ4n) is 3.94. The lowest BCUT2D eigenvalue weighted by Crippen LogP contribution is -2.43. The minimum Gasteiger partial charge on any atom is -0.480 e. The smallest absolute Gasteiger partial charge is 0.327 e. The van der Waals surface area contributed by atoms with E-state index in [4.69, 9.17) is 17.3 Å². The molecule has 1 unspecified atom stereocenters. The third-order valence-corrected chi connectivity index (χ3v) is 5.59. The Labute approximate surface area is 172 Å². The van der Waals surface area contributed by atoms with Crippen LogP contribution in [0.1, 0.15) is 18.4 Å². The van der Waals surface area contributed by atoms with Gasteiger partial charge in [0.1, 0.15) is 6.04 Å². The average molecular weight is 412 g/mol. The van der Waals surface area contributed by atoms with E-state index >= 15 is 0 Å². The Hall–Kier alpha value is -3.32. The first-order valence-electron chi connectivity index (χ1n) is 9.06. The van der Waals surface area contributed by atoms with Gasteiger partial charge in [0.05, 0.1) is 5.69 Å². The Morgan fingerprint density at radius 1 is 1.17 bits per heavy atom. The highest BCUT2D eigenvalue weighted by Crippen LogP contribution is 2.42. The highest BCUT2D eigenvalue weighted by Gasteiger charge is 2.38. The number of nitrogens with two attached hydrogens (primary N) is 1. The van der Waals surface area contributed by atoms with Gasteiger partial charge in [0, 0.05) is 40.5 Å². The summed E-state index contributed by atoms with van der Waals surface area (Å²) in [6, 6.07) is 10.9. The topological polar surface area (TPSA) is 104 Å². The van der Waals surface area contributed by atoms with E-state index in [1.807, 2.05) is 0 Å². The van der Waals surface area contributed by atoms with Crippen molar-refractivity contribution < 1.29 is 19.5 Å². The summed E-state index contributed by atoms with van der Waals surface area (Å²) in [7, 11) is 0. The summed E-state index contributed by atoms with van der Waals surface area (Å²) in [5.41, 5.74) is 9.32. The number of nitrogen functional groups attached to an aromatic ring is 1. The summed E-state index contributed by atoms with van der Waals surface area (Å²) in [4.78, 5) is 39.4. The first-order chi connectivity index (χ1) is 13.9. The van der Waals surface area contributed by atoms with Crippen LogP contribution in [-0.2, 0) is 14.4 Å². The van der Waals surface area contributed by atoms with Crippen molar-refractivity contribution in [1.82, 2.24) is 0 Å². The van der Waals surface area contributed by atoms with E-state index in [0.29, 0.717) is 52.5 Å². The van der Waals surface area contributed by atoms with E-state index in [9.17, 15) is 19.5 Å². The van der Waals surface area contributed by atoms with Crippen LogP contribution in [0.3, 0.4) is 0 Å². The quantitative estimate of drug-likeness (QED) is 0.459. The van der Waals surface area contributed by atoms with E-state index < -0.39 is 12.0 Å². The van der Waals surface area contributed by atoms with Gasteiger partial charge in [-0.1, -0.05) is 17.7 Å². The van der Waals surface area contributed by atoms with Gasteiger partial charge >= 0.3 is 5.97 Å². The molecule has 0 spiro atoms. The fraction of sp³-hybridized carbons (Fsp3) is 0.190. The number of carbonyl (C=O) groups excluding carboxylic acids is 2. The lowest BCUT2D eigenvalue weighted by molar-refractivity contribution is -0.139. The zero-order chi connectivity index (χ0) is 20.7. The second kappa shape index (κ2) is 7.25. The van der Waals surface area contributed by atoms with Gasteiger partial charge < -0.3 is 15.7 Å². The molecular formula is C21H18ClN3O4. The molecule has 2 amide bonds. The summed E-state index contributed by atoms with van der Waals surface area (Å²) in [6.45, 7) is 0.486. The second-order valence-corrected chi connectivity index (χ2v) is 7.42. The molecule has 4 rings (SSSR count). The number of carboxylic acid groups (broad SMARTS) is 1. The Morgan fingerprint density at radius 2 is 1.90 bits per heavy atom. The summed E-state index contributed by atoms with van der Waals surface area (Å²) in [5.74, 6) is -1.31. The van der Waals surface area contributed by atoms with Crippen molar-refractivity contribution in [2.45, 2.75) is 18.9 Å². The third kappa shape index (κ3) is 3.23. The molecule has 7 nitrogen and oxygen atoms in total. The molecule has 2 aliphatic heterocycles. The van der Waals surface area contributed by atoms with Crippen molar-refractivity contribution in [3.8, 4) is 0 Å². The maximum Gasteiger partial charge on any atom is 0.327 e. The van der Waals surface area contributed by atoms with Gasteiger partial charge in [-0.05, 0) is 48.4 Å². The highest BCUT2D eigenvalue weighted by atomic mass is 35.5. The number of anilines is 3. The van der Waals surface area contributed by atoms with E-state index in [-0.39, 0.29) is 12.3 Å². The number of rotatable bonds is 3. The molecule has 8 heteroatoms. The predicted molar refractivity (Wildman–Crippen MR) is 111 cm³/mol. The lowest BCUT2D eigenvalue weighted by atomic mass is 9.87. The van der Waals surface area contributed by atoms with Crippen molar-refractivity contribution in [3.05, 3.63) is 58.6 Å². The van der Waals surface area contributed by atoms with Crippen LogP contribution in [0.2, 0.25) is 5.02 Å². The summed E-state index contributed by atoms with van der Waals surface area (Å²) in [6.07, 6.45) is 1.03. The monoisotopic (exact) mass is 411 g/mol. The van der Waals surface area contributed by atoms with Crippen LogP contribution in [0.25, 0.3) is 5.57 Å². The number of fused-ring (bicyclic) bond motifs is 1. The molecular weight excluding hydrogens is 394 g/mol. The van der Waals surface area contributed by atoms with E-state index in [0.717, 1.165) is 10.6 Å². The maximum absolute atomic E-state index is 13.2. The molecule has 1 fully saturated rings. The minimum absolute atomic E-state index is 0.0549. The molecule has 2 heterocycles. The van der Waals surface area contributed by atoms with Crippen LogP contribution < -0.4 is 15.5 Å². The minimum atomic E-state index is -1.14. The third-order valence-electron chi connectivity index (χ3n) is 5.35. The number of carbonyl (C=O) groups is 3. The zero-order valence-corrected chi connectivity index (χ0v) is 16.1. The van der Waals surface area contributed by atoms with Crippen LogP contribution in [-0.4, -0.2) is 36.0 Å². The van der Waals surface area contributed by atoms with E-state index in [1.165, 1.54) is 0 Å². The molecule has 29 heavy (non-hydrogen) atoms. The molecule has 0 bridgehead atoms. The molecule has 0 radical (unpaired) electrons. The van der Waals surface area contributed by atoms with Crippen LogP contribution in [0.4, 0.5) is 17.1 Å². The Balaban J connectivity index is 1.82. The Morgan fingerprint density at radius 3 is 2.55 bits per heavy atom. The average Bonchev–Trinajstić information content (AvgIpc) is 3.08. The molecule has 3 N–H and O–H groups in total. The van der Waals surface area contributed by atoms with Crippen LogP contribution >= 0.6 is 11.6 Å². The predicted octanol–water partition coefficient (Wildman–Crippen LogP) is 2.93. The molecule has 2 aromatic rings. The van der Waals surface area contributed by atoms with E-state index in [2.05, 4.69) is 0 Å². The summed E-state index contributed by atoms with van der Waals surface area (Å²) >= 11 is 6.09. The van der Waals surface area contributed by atoms with Crippen molar-refractivity contribution in [2.75, 3.05) is 22.1 Å². The Bertz CT molecular complexity index is 1050. The first kappa shape index (κ1) is 19.0. The van der Waals surface area contributed by atoms with E-state index in [1.54, 1.807) is 47.4 Å². The van der Waals surface area contributed by atoms with Crippen LogP contribution in [0.15, 0.2) is 48.0 Å². The van der Waals surface area contributed by atoms with Crippen molar-refractivity contribution in [1.29, 1.82) is 0 Å². The standard InChI is InChI=1S/C21H18ClN3O4/c22-12-1-6-15-17(10-19(21(28)29)25(11-26)18(15)9-12)16-7-8-24(20(16)27)14-4-2-13(23)3-5-14/h1-6,9,11,19H,7-8,10,23H2,(H,28,29).